The molecule has 3 unspecified atom stereocenters. The Balaban J connectivity index is 4.33. The topological polar surface area (TPSA) is 20.2 Å². The van der Waals surface area contributed by atoms with Crippen molar-refractivity contribution in [1.82, 2.24) is 0 Å². The van der Waals surface area contributed by atoms with Crippen molar-refractivity contribution in [2.24, 2.45) is 29.6 Å². The molecule has 0 radical (unpaired) electrons. The fourth-order valence-corrected chi connectivity index (χ4v) is 4.32. The average Bonchev–Trinajstić information content (AvgIpc) is 2.44. The van der Waals surface area contributed by atoms with Crippen molar-refractivity contribution in [3.8, 4) is 12.3 Å². The second kappa shape index (κ2) is 12.8. The molecule has 0 aliphatic rings. The summed E-state index contributed by atoms with van der Waals surface area (Å²) >= 11 is 0. The molecule has 0 aromatic carbocycles. The first-order chi connectivity index (χ1) is 11.6. The third kappa shape index (κ3) is 13.4. The summed E-state index contributed by atoms with van der Waals surface area (Å²) < 4.78 is 0. The van der Waals surface area contributed by atoms with E-state index in [0.717, 1.165) is 36.5 Å². The maximum atomic E-state index is 10.6. The van der Waals surface area contributed by atoms with Gasteiger partial charge in [0.1, 0.15) is 5.60 Å². The molecule has 0 aliphatic carbocycles. The Morgan fingerprint density at radius 2 is 1.36 bits per heavy atom. The van der Waals surface area contributed by atoms with Gasteiger partial charge in [-0.1, -0.05) is 80.1 Å². The van der Waals surface area contributed by atoms with Crippen LogP contribution >= 0.6 is 0 Å². The highest BCUT2D eigenvalue weighted by atomic mass is 16.3. The van der Waals surface area contributed by atoms with Gasteiger partial charge in [0, 0.05) is 0 Å². The summed E-state index contributed by atoms with van der Waals surface area (Å²) in [6.07, 6.45) is 16.0. The molecule has 3 atom stereocenters. The van der Waals surface area contributed by atoms with E-state index in [0.29, 0.717) is 12.3 Å². The van der Waals surface area contributed by atoms with Crippen molar-refractivity contribution < 1.29 is 5.11 Å². The van der Waals surface area contributed by atoms with Crippen molar-refractivity contribution in [3.05, 3.63) is 0 Å². The molecular weight excluding hydrogens is 304 g/mol. The molecule has 0 amide bonds. The molecule has 0 saturated carbocycles. The monoisotopic (exact) mass is 350 g/mol. The number of aliphatic hydroxyl groups is 1. The normalized spacial score (nSPS) is 16.9. The van der Waals surface area contributed by atoms with Crippen LogP contribution in [0, 0.1) is 41.9 Å². The van der Waals surface area contributed by atoms with E-state index in [4.69, 9.17) is 6.42 Å². The lowest BCUT2D eigenvalue weighted by Gasteiger charge is -2.26. The molecule has 0 saturated heterocycles. The van der Waals surface area contributed by atoms with Gasteiger partial charge in [-0.2, -0.15) is 0 Å². The lowest BCUT2D eigenvalue weighted by molar-refractivity contribution is 0.0647. The highest BCUT2D eigenvalue weighted by Crippen LogP contribution is 2.29. The third-order valence-corrected chi connectivity index (χ3v) is 5.21. The van der Waals surface area contributed by atoms with Gasteiger partial charge in [-0.3, -0.25) is 0 Å². The minimum atomic E-state index is -0.900. The second-order valence-corrected chi connectivity index (χ2v) is 9.83. The molecule has 1 nitrogen and oxygen atoms in total. The molecule has 0 bridgehead atoms. The molecule has 25 heavy (non-hydrogen) atoms. The fraction of sp³-hybridized carbons (Fsp3) is 0.917. The Morgan fingerprint density at radius 3 is 1.84 bits per heavy atom. The van der Waals surface area contributed by atoms with Crippen LogP contribution in [-0.4, -0.2) is 10.7 Å². The zero-order chi connectivity index (χ0) is 19.5. The number of rotatable bonds is 14. The summed E-state index contributed by atoms with van der Waals surface area (Å²) in [4.78, 5) is 0. The van der Waals surface area contributed by atoms with Crippen molar-refractivity contribution in [1.29, 1.82) is 0 Å². The SMILES string of the molecule is C#CC(O)(CCCC(CCCC(C)CC(C)C)CC(C)C)CC(C)C. The van der Waals surface area contributed by atoms with Crippen LogP contribution in [0.5, 0.6) is 0 Å². The molecule has 0 spiro atoms. The van der Waals surface area contributed by atoms with E-state index >= 15 is 0 Å². The van der Waals surface area contributed by atoms with Crippen LogP contribution in [0.25, 0.3) is 0 Å². The lowest BCUT2D eigenvalue weighted by Crippen LogP contribution is -2.28. The predicted octanol–water partition coefficient (Wildman–Crippen LogP) is 7.08. The smallest absolute Gasteiger partial charge is 0.125 e. The Bertz CT molecular complexity index is 363. The van der Waals surface area contributed by atoms with Crippen LogP contribution in [0.4, 0.5) is 0 Å². The lowest BCUT2D eigenvalue weighted by atomic mass is 9.83. The van der Waals surface area contributed by atoms with Crippen LogP contribution < -0.4 is 0 Å². The molecule has 0 fully saturated rings. The van der Waals surface area contributed by atoms with Gasteiger partial charge in [-0.05, 0) is 61.7 Å². The predicted molar refractivity (Wildman–Crippen MR) is 113 cm³/mol. The van der Waals surface area contributed by atoms with E-state index in [-0.39, 0.29) is 0 Å². The molecule has 0 aromatic rings. The first-order valence-electron chi connectivity index (χ1n) is 10.8. The summed E-state index contributed by atoms with van der Waals surface area (Å²) in [6.45, 7) is 15.9. The molecular formula is C24H46O. The maximum Gasteiger partial charge on any atom is 0.125 e. The van der Waals surface area contributed by atoms with Crippen LogP contribution in [0.15, 0.2) is 0 Å². The van der Waals surface area contributed by atoms with Crippen molar-refractivity contribution in [3.63, 3.8) is 0 Å². The third-order valence-electron chi connectivity index (χ3n) is 5.21. The van der Waals surface area contributed by atoms with Crippen molar-refractivity contribution >= 4 is 0 Å². The zero-order valence-corrected chi connectivity index (χ0v) is 18.3. The summed E-state index contributed by atoms with van der Waals surface area (Å²) in [5.41, 5.74) is -0.900. The fourth-order valence-electron chi connectivity index (χ4n) is 4.32. The number of terminal acetylenes is 1. The summed E-state index contributed by atoms with van der Waals surface area (Å²) in [7, 11) is 0. The van der Waals surface area contributed by atoms with Crippen LogP contribution in [0.1, 0.15) is 106 Å². The van der Waals surface area contributed by atoms with E-state index in [2.05, 4.69) is 54.4 Å². The number of hydrogen-bond donors (Lipinski definition) is 1. The highest BCUT2D eigenvalue weighted by Gasteiger charge is 2.25. The van der Waals surface area contributed by atoms with E-state index in [1.807, 2.05) is 0 Å². The minimum Gasteiger partial charge on any atom is -0.378 e. The first kappa shape index (κ1) is 24.5. The summed E-state index contributed by atoms with van der Waals surface area (Å²) in [5.74, 6) is 6.28. The second-order valence-electron chi connectivity index (χ2n) is 9.83. The molecule has 0 heterocycles. The van der Waals surface area contributed by atoms with Crippen molar-refractivity contribution in [2.75, 3.05) is 0 Å². The standard InChI is InChI=1S/C24H46O/c1-9-24(25,18-21(6)7)15-11-14-23(17-20(4)5)13-10-12-22(8)16-19(2)3/h1,19-23,25H,10-18H2,2-8H3. The van der Waals surface area contributed by atoms with E-state index in [1.54, 1.807) is 0 Å². The minimum absolute atomic E-state index is 0.440. The zero-order valence-electron chi connectivity index (χ0n) is 18.3. The Labute approximate surface area is 159 Å². The van der Waals surface area contributed by atoms with Crippen molar-refractivity contribution in [2.45, 2.75) is 112 Å². The van der Waals surface area contributed by atoms with Gasteiger partial charge in [0.15, 0.2) is 0 Å². The van der Waals surface area contributed by atoms with Crippen LogP contribution in [0.3, 0.4) is 0 Å². The van der Waals surface area contributed by atoms with Gasteiger partial charge < -0.3 is 5.11 Å². The van der Waals surface area contributed by atoms with Crippen LogP contribution in [-0.2, 0) is 0 Å². The molecule has 0 aliphatic heterocycles. The van der Waals surface area contributed by atoms with Gasteiger partial charge in [0.25, 0.3) is 0 Å². The van der Waals surface area contributed by atoms with Gasteiger partial charge in [-0.15, -0.1) is 6.42 Å². The Hall–Kier alpha value is -0.480. The largest absolute Gasteiger partial charge is 0.378 e. The van der Waals surface area contributed by atoms with E-state index in [1.165, 1.54) is 38.5 Å². The molecule has 1 N–H and O–H groups in total. The molecule has 1 heteroatoms. The first-order valence-corrected chi connectivity index (χ1v) is 10.8. The number of hydrogen-bond acceptors (Lipinski definition) is 1. The molecule has 0 aromatic heterocycles. The van der Waals surface area contributed by atoms with Gasteiger partial charge >= 0.3 is 0 Å². The summed E-state index contributed by atoms with van der Waals surface area (Å²) in [6, 6.07) is 0. The van der Waals surface area contributed by atoms with Gasteiger partial charge in [-0.25, -0.2) is 0 Å². The molecule has 0 rings (SSSR count). The van der Waals surface area contributed by atoms with Gasteiger partial charge in [0.2, 0.25) is 0 Å². The van der Waals surface area contributed by atoms with Crippen LogP contribution in [0.2, 0.25) is 0 Å². The Kier molecular flexibility index (Phi) is 12.6. The average molecular weight is 351 g/mol. The van der Waals surface area contributed by atoms with E-state index < -0.39 is 5.60 Å². The highest BCUT2D eigenvalue weighted by molar-refractivity contribution is 5.07. The quantitative estimate of drug-likeness (QED) is 0.332. The Morgan fingerprint density at radius 1 is 0.800 bits per heavy atom. The molecule has 148 valence electrons. The maximum absolute atomic E-state index is 10.6. The van der Waals surface area contributed by atoms with Gasteiger partial charge in [0.05, 0.1) is 0 Å². The van der Waals surface area contributed by atoms with E-state index in [9.17, 15) is 5.11 Å². The summed E-state index contributed by atoms with van der Waals surface area (Å²) in [5, 5.41) is 10.6.